The first-order chi connectivity index (χ1) is 9.74. The number of anilines is 1. The highest BCUT2D eigenvalue weighted by Gasteiger charge is 2.25. The van der Waals surface area contributed by atoms with E-state index in [0.717, 1.165) is 17.7 Å². The Morgan fingerprint density at radius 1 is 1.20 bits per heavy atom. The van der Waals surface area contributed by atoms with Crippen LogP contribution in [0.4, 0.5) is 5.69 Å². The molecule has 3 nitrogen and oxygen atoms in total. The number of halogens is 1. The van der Waals surface area contributed by atoms with E-state index in [1.54, 1.807) is 0 Å². The molecular formula is C16H15ClN2O. The average Bonchev–Trinajstić information content (AvgIpc) is 2.90. The zero-order valence-corrected chi connectivity index (χ0v) is 11.7. The van der Waals surface area contributed by atoms with E-state index < -0.39 is 0 Å². The zero-order valence-electron chi connectivity index (χ0n) is 10.9. The molecule has 2 N–H and O–H groups in total. The van der Waals surface area contributed by atoms with Crippen molar-refractivity contribution >= 4 is 23.2 Å². The van der Waals surface area contributed by atoms with Crippen LogP contribution in [-0.4, -0.2) is 11.9 Å². The molecule has 3 rings (SSSR count). The van der Waals surface area contributed by atoms with Gasteiger partial charge in [0.05, 0.1) is 0 Å². The molecular weight excluding hydrogens is 272 g/mol. The molecule has 20 heavy (non-hydrogen) atoms. The summed E-state index contributed by atoms with van der Waals surface area (Å²) in [5.41, 5.74) is 3.16. The summed E-state index contributed by atoms with van der Waals surface area (Å²) >= 11 is 6.07. The van der Waals surface area contributed by atoms with Crippen LogP contribution < -0.4 is 10.6 Å². The van der Waals surface area contributed by atoms with E-state index >= 15 is 0 Å². The van der Waals surface area contributed by atoms with E-state index in [4.69, 9.17) is 11.6 Å². The normalized spacial score (nSPS) is 16.4. The summed E-state index contributed by atoms with van der Waals surface area (Å²) in [7, 11) is 0. The van der Waals surface area contributed by atoms with Crippen LogP contribution in [-0.2, 0) is 17.8 Å². The van der Waals surface area contributed by atoms with Gasteiger partial charge in [-0.1, -0.05) is 48.0 Å². The van der Waals surface area contributed by atoms with Crippen molar-refractivity contribution in [2.24, 2.45) is 0 Å². The molecule has 0 radical (unpaired) electrons. The van der Waals surface area contributed by atoms with Crippen molar-refractivity contribution in [3.8, 4) is 0 Å². The van der Waals surface area contributed by atoms with Gasteiger partial charge in [0.1, 0.15) is 6.04 Å². The molecule has 0 aliphatic carbocycles. The number of amides is 1. The number of hydrogen-bond acceptors (Lipinski definition) is 2. The summed E-state index contributed by atoms with van der Waals surface area (Å²) in [6.07, 6.45) is 0.727. The standard InChI is InChI=1S/C16H15ClN2O/c17-13-7-3-1-6-12(13)10-18-16(20)15-9-11-5-2-4-8-14(11)19-15/h1-8,15,19H,9-10H2,(H,18,20). The molecule has 1 unspecified atom stereocenters. The Balaban J connectivity index is 1.61. The number of carbonyl (C=O) groups is 1. The summed E-state index contributed by atoms with van der Waals surface area (Å²) in [5, 5.41) is 6.85. The highest BCUT2D eigenvalue weighted by atomic mass is 35.5. The maximum atomic E-state index is 12.2. The fourth-order valence-corrected chi connectivity index (χ4v) is 2.61. The SMILES string of the molecule is O=C(NCc1ccccc1Cl)C1Cc2ccccc2N1. The molecule has 4 heteroatoms. The molecule has 0 bridgehead atoms. The van der Waals surface area contributed by atoms with Gasteiger partial charge in [0.2, 0.25) is 5.91 Å². The van der Waals surface area contributed by atoms with Gasteiger partial charge in [0.15, 0.2) is 0 Å². The third-order valence-electron chi connectivity index (χ3n) is 3.50. The molecule has 0 aromatic heterocycles. The molecule has 1 heterocycles. The van der Waals surface area contributed by atoms with Gasteiger partial charge in [0.25, 0.3) is 0 Å². The minimum atomic E-state index is -0.199. The Kier molecular flexibility index (Phi) is 3.61. The van der Waals surface area contributed by atoms with Crippen LogP contribution in [0, 0.1) is 0 Å². The van der Waals surface area contributed by atoms with E-state index in [0.29, 0.717) is 11.6 Å². The summed E-state index contributed by atoms with van der Waals surface area (Å²) < 4.78 is 0. The minimum Gasteiger partial charge on any atom is -0.373 e. The Labute approximate surface area is 123 Å². The van der Waals surface area contributed by atoms with Crippen LogP contribution in [0.1, 0.15) is 11.1 Å². The summed E-state index contributed by atoms with van der Waals surface area (Å²) in [4.78, 5) is 12.2. The quantitative estimate of drug-likeness (QED) is 0.911. The molecule has 1 aliphatic heterocycles. The fraction of sp³-hybridized carbons (Fsp3) is 0.188. The molecule has 1 atom stereocenters. The Morgan fingerprint density at radius 2 is 1.95 bits per heavy atom. The maximum Gasteiger partial charge on any atom is 0.243 e. The first-order valence-electron chi connectivity index (χ1n) is 6.59. The predicted molar refractivity (Wildman–Crippen MR) is 80.9 cm³/mol. The summed E-state index contributed by atoms with van der Waals surface area (Å²) in [6.45, 7) is 0.451. The lowest BCUT2D eigenvalue weighted by molar-refractivity contribution is -0.121. The van der Waals surface area contributed by atoms with Crippen molar-refractivity contribution in [2.45, 2.75) is 19.0 Å². The van der Waals surface area contributed by atoms with E-state index in [1.807, 2.05) is 48.5 Å². The molecule has 0 spiro atoms. The van der Waals surface area contributed by atoms with Gasteiger partial charge in [0, 0.05) is 23.7 Å². The molecule has 0 saturated heterocycles. The maximum absolute atomic E-state index is 12.2. The number of carbonyl (C=O) groups excluding carboxylic acids is 1. The minimum absolute atomic E-state index is 0.00104. The Hall–Kier alpha value is -2.00. The van der Waals surface area contributed by atoms with Crippen molar-refractivity contribution in [2.75, 3.05) is 5.32 Å². The van der Waals surface area contributed by atoms with E-state index in [-0.39, 0.29) is 11.9 Å². The van der Waals surface area contributed by atoms with Crippen molar-refractivity contribution in [3.05, 3.63) is 64.7 Å². The number of rotatable bonds is 3. The molecule has 1 amide bonds. The van der Waals surface area contributed by atoms with Crippen molar-refractivity contribution < 1.29 is 4.79 Å². The second-order valence-electron chi connectivity index (χ2n) is 4.87. The van der Waals surface area contributed by atoms with Gasteiger partial charge in [-0.15, -0.1) is 0 Å². The fourth-order valence-electron chi connectivity index (χ4n) is 2.40. The monoisotopic (exact) mass is 286 g/mol. The molecule has 0 fully saturated rings. The number of nitrogens with one attached hydrogen (secondary N) is 2. The van der Waals surface area contributed by atoms with Gasteiger partial charge in [-0.2, -0.15) is 0 Å². The van der Waals surface area contributed by atoms with Crippen molar-refractivity contribution in [3.63, 3.8) is 0 Å². The van der Waals surface area contributed by atoms with Crippen LogP contribution in [0.2, 0.25) is 5.02 Å². The summed E-state index contributed by atoms with van der Waals surface area (Å²) in [5.74, 6) is 0.00104. The van der Waals surface area contributed by atoms with Crippen LogP contribution in [0.15, 0.2) is 48.5 Å². The van der Waals surface area contributed by atoms with E-state index in [9.17, 15) is 4.79 Å². The van der Waals surface area contributed by atoms with Crippen LogP contribution in [0.25, 0.3) is 0 Å². The first kappa shape index (κ1) is 13.0. The lowest BCUT2D eigenvalue weighted by Crippen LogP contribution is -2.38. The average molecular weight is 287 g/mol. The molecule has 0 saturated carbocycles. The van der Waals surface area contributed by atoms with Gasteiger partial charge >= 0.3 is 0 Å². The molecule has 1 aliphatic rings. The van der Waals surface area contributed by atoms with Crippen molar-refractivity contribution in [1.82, 2.24) is 5.32 Å². The third kappa shape index (κ3) is 2.63. The topological polar surface area (TPSA) is 41.1 Å². The lowest BCUT2D eigenvalue weighted by Gasteiger charge is -2.12. The second-order valence-corrected chi connectivity index (χ2v) is 5.27. The zero-order chi connectivity index (χ0) is 13.9. The van der Waals surface area contributed by atoms with Gasteiger partial charge in [-0.25, -0.2) is 0 Å². The molecule has 2 aromatic carbocycles. The van der Waals surface area contributed by atoms with Gasteiger partial charge < -0.3 is 10.6 Å². The smallest absolute Gasteiger partial charge is 0.243 e. The Morgan fingerprint density at radius 3 is 2.75 bits per heavy atom. The number of hydrogen-bond donors (Lipinski definition) is 2. The van der Waals surface area contributed by atoms with E-state index in [2.05, 4.69) is 10.6 Å². The number of para-hydroxylation sites is 1. The van der Waals surface area contributed by atoms with Gasteiger partial charge in [-0.3, -0.25) is 4.79 Å². The highest BCUT2D eigenvalue weighted by Crippen LogP contribution is 2.25. The van der Waals surface area contributed by atoms with Crippen molar-refractivity contribution in [1.29, 1.82) is 0 Å². The molecule has 2 aromatic rings. The first-order valence-corrected chi connectivity index (χ1v) is 6.97. The van der Waals surface area contributed by atoms with Crippen LogP contribution in [0.5, 0.6) is 0 Å². The lowest BCUT2D eigenvalue weighted by atomic mass is 10.1. The largest absolute Gasteiger partial charge is 0.373 e. The van der Waals surface area contributed by atoms with Crippen LogP contribution >= 0.6 is 11.6 Å². The van der Waals surface area contributed by atoms with Gasteiger partial charge in [-0.05, 0) is 23.3 Å². The third-order valence-corrected chi connectivity index (χ3v) is 3.87. The summed E-state index contributed by atoms with van der Waals surface area (Å²) in [6, 6.07) is 15.3. The predicted octanol–water partition coefficient (Wildman–Crippen LogP) is 2.99. The van der Waals surface area contributed by atoms with E-state index in [1.165, 1.54) is 5.56 Å². The molecule has 102 valence electrons. The highest BCUT2D eigenvalue weighted by molar-refractivity contribution is 6.31. The second kappa shape index (κ2) is 5.55. The number of fused-ring (bicyclic) bond motifs is 1. The Bertz CT molecular complexity index is 617. The van der Waals surface area contributed by atoms with Crippen LogP contribution in [0.3, 0.4) is 0 Å². The number of benzene rings is 2.